The second-order valence-electron chi connectivity index (χ2n) is 4.49. The van der Waals surface area contributed by atoms with Crippen LogP contribution < -0.4 is 10.2 Å². The van der Waals surface area contributed by atoms with E-state index in [-0.39, 0.29) is 21.8 Å². The molecule has 0 unspecified atom stereocenters. The summed E-state index contributed by atoms with van der Waals surface area (Å²) in [5.41, 5.74) is 1.68. The molecule has 1 heterocycles. The Balaban J connectivity index is 2.22. The second-order valence-corrected chi connectivity index (χ2v) is 5.64. The van der Waals surface area contributed by atoms with Gasteiger partial charge in [0.15, 0.2) is 0 Å². The maximum absolute atomic E-state index is 12.1. The molecule has 1 N–H and O–H groups in total. The molecule has 1 amide bonds. The summed E-state index contributed by atoms with van der Waals surface area (Å²) in [5, 5.41) is 3.54. The third-order valence-electron chi connectivity index (χ3n) is 2.75. The van der Waals surface area contributed by atoms with Gasteiger partial charge in [-0.2, -0.15) is 0 Å². The Bertz CT molecular complexity index is 689. The van der Waals surface area contributed by atoms with Gasteiger partial charge in [0.25, 0.3) is 5.91 Å². The van der Waals surface area contributed by atoms with Gasteiger partial charge in [-0.1, -0.05) is 34.8 Å². The van der Waals surface area contributed by atoms with Crippen molar-refractivity contribution in [3.05, 3.63) is 51.2 Å². The van der Waals surface area contributed by atoms with E-state index in [0.29, 0.717) is 10.7 Å². The molecule has 7 heteroatoms. The van der Waals surface area contributed by atoms with Crippen molar-refractivity contribution >= 4 is 52.1 Å². The van der Waals surface area contributed by atoms with Crippen LogP contribution in [0.25, 0.3) is 0 Å². The molecule has 0 saturated carbocycles. The number of carbonyl (C=O) groups excluding carboxylic acids is 1. The van der Waals surface area contributed by atoms with Crippen LogP contribution in [0.1, 0.15) is 10.4 Å². The average molecular weight is 345 g/mol. The van der Waals surface area contributed by atoms with Gasteiger partial charge in [-0.05, 0) is 30.3 Å². The van der Waals surface area contributed by atoms with Crippen molar-refractivity contribution in [1.29, 1.82) is 0 Å². The lowest BCUT2D eigenvalue weighted by molar-refractivity contribution is 0.102. The van der Waals surface area contributed by atoms with E-state index in [2.05, 4.69) is 10.3 Å². The molecule has 0 radical (unpaired) electrons. The third kappa shape index (κ3) is 3.79. The minimum absolute atomic E-state index is 0.0519. The van der Waals surface area contributed by atoms with E-state index >= 15 is 0 Å². The van der Waals surface area contributed by atoms with Crippen molar-refractivity contribution < 1.29 is 4.79 Å². The SMILES string of the molecule is CN(C)c1ccc(NC(=O)c2ccc(Cl)nc2Cl)cc1Cl. The van der Waals surface area contributed by atoms with Gasteiger partial charge < -0.3 is 10.2 Å². The number of amides is 1. The maximum Gasteiger partial charge on any atom is 0.258 e. The van der Waals surface area contributed by atoms with Gasteiger partial charge in [-0.15, -0.1) is 0 Å². The zero-order valence-electron chi connectivity index (χ0n) is 11.3. The largest absolute Gasteiger partial charge is 0.376 e. The maximum atomic E-state index is 12.1. The van der Waals surface area contributed by atoms with Crippen molar-refractivity contribution in [3.63, 3.8) is 0 Å². The van der Waals surface area contributed by atoms with Gasteiger partial charge >= 0.3 is 0 Å². The van der Waals surface area contributed by atoms with Crippen LogP contribution in [-0.4, -0.2) is 25.0 Å². The summed E-state index contributed by atoms with van der Waals surface area (Å²) >= 11 is 17.8. The van der Waals surface area contributed by atoms with E-state index in [4.69, 9.17) is 34.8 Å². The van der Waals surface area contributed by atoms with Crippen molar-refractivity contribution in [2.45, 2.75) is 0 Å². The van der Waals surface area contributed by atoms with E-state index in [1.165, 1.54) is 12.1 Å². The monoisotopic (exact) mass is 343 g/mol. The fraction of sp³-hybridized carbons (Fsp3) is 0.143. The molecule has 0 saturated heterocycles. The first-order chi connectivity index (χ1) is 9.88. The highest BCUT2D eigenvalue weighted by molar-refractivity contribution is 6.35. The van der Waals surface area contributed by atoms with Crippen LogP contribution in [0.15, 0.2) is 30.3 Å². The first-order valence-corrected chi connectivity index (χ1v) is 7.12. The van der Waals surface area contributed by atoms with Gasteiger partial charge in [0.1, 0.15) is 10.3 Å². The number of nitrogens with one attached hydrogen (secondary N) is 1. The fourth-order valence-corrected chi connectivity index (χ4v) is 2.51. The summed E-state index contributed by atoms with van der Waals surface area (Å²) in [7, 11) is 3.78. The minimum Gasteiger partial charge on any atom is -0.376 e. The highest BCUT2D eigenvalue weighted by Gasteiger charge is 2.13. The van der Waals surface area contributed by atoms with Crippen LogP contribution in [0.4, 0.5) is 11.4 Å². The molecular weight excluding hydrogens is 333 g/mol. The van der Waals surface area contributed by atoms with Crippen molar-refractivity contribution in [2.24, 2.45) is 0 Å². The van der Waals surface area contributed by atoms with E-state index in [0.717, 1.165) is 5.69 Å². The third-order valence-corrected chi connectivity index (χ3v) is 3.55. The summed E-state index contributed by atoms with van der Waals surface area (Å²) < 4.78 is 0. The van der Waals surface area contributed by atoms with E-state index < -0.39 is 0 Å². The van der Waals surface area contributed by atoms with E-state index in [1.807, 2.05) is 25.1 Å². The number of aromatic nitrogens is 1. The quantitative estimate of drug-likeness (QED) is 0.841. The number of anilines is 2. The summed E-state index contributed by atoms with van der Waals surface area (Å²) in [4.78, 5) is 17.9. The Labute approximate surface area is 137 Å². The summed E-state index contributed by atoms with van der Waals surface area (Å²) in [5.74, 6) is -0.377. The lowest BCUT2D eigenvalue weighted by Crippen LogP contribution is -2.14. The lowest BCUT2D eigenvalue weighted by atomic mass is 10.2. The number of nitrogens with zero attached hydrogens (tertiary/aromatic N) is 2. The Hall–Kier alpha value is -1.49. The molecule has 110 valence electrons. The highest BCUT2D eigenvalue weighted by atomic mass is 35.5. The molecule has 4 nitrogen and oxygen atoms in total. The summed E-state index contributed by atoms with van der Waals surface area (Å²) in [6.07, 6.45) is 0. The van der Waals surface area contributed by atoms with Gasteiger partial charge in [-0.3, -0.25) is 4.79 Å². The zero-order valence-corrected chi connectivity index (χ0v) is 13.6. The first-order valence-electron chi connectivity index (χ1n) is 5.99. The molecule has 1 aromatic carbocycles. The van der Waals surface area contributed by atoms with Gasteiger partial charge in [0.05, 0.1) is 16.3 Å². The molecule has 0 spiro atoms. The van der Waals surface area contributed by atoms with Gasteiger partial charge in [0, 0.05) is 19.8 Å². The van der Waals surface area contributed by atoms with E-state index in [9.17, 15) is 4.79 Å². The van der Waals surface area contributed by atoms with Crippen LogP contribution in [0.5, 0.6) is 0 Å². The molecule has 0 bridgehead atoms. The predicted molar refractivity (Wildman–Crippen MR) is 88.0 cm³/mol. The standard InChI is InChI=1S/C14H12Cl3N3O/c1-20(2)11-5-3-8(7-10(11)15)18-14(21)9-4-6-12(16)19-13(9)17/h3-7H,1-2H3,(H,18,21). The number of pyridine rings is 1. The topological polar surface area (TPSA) is 45.2 Å². The number of hydrogen-bond acceptors (Lipinski definition) is 3. The first kappa shape index (κ1) is 15.9. The molecule has 0 aliphatic heterocycles. The van der Waals surface area contributed by atoms with Crippen LogP contribution in [0, 0.1) is 0 Å². The number of carbonyl (C=O) groups is 1. The predicted octanol–water partition coefficient (Wildman–Crippen LogP) is 4.36. The Morgan fingerprint density at radius 2 is 1.86 bits per heavy atom. The van der Waals surface area contributed by atoms with Crippen LogP contribution in [0.2, 0.25) is 15.3 Å². The minimum atomic E-state index is -0.377. The van der Waals surface area contributed by atoms with Crippen LogP contribution in [0.3, 0.4) is 0 Å². The highest BCUT2D eigenvalue weighted by Crippen LogP contribution is 2.28. The van der Waals surface area contributed by atoms with E-state index in [1.54, 1.807) is 12.1 Å². The molecule has 2 aromatic rings. The average Bonchev–Trinajstić information content (AvgIpc) is 2.37. The van der Waals surface area contributed by atoms with Crippen molar-refractivity contribution in [1.82, 2.24) is 4.98 Å². The second kappa shape index (κ2) is 6.52. The number of rotatable bonds is 3. The van der Waals surface area contributed by atoms with Gasteiger partial charge in [0.2, 0.25) is 0 Å². The molecule has 0 fully saturated rings. The number of benzene rings is 1. The Morgan fingerprint density at radius 1 is 1.14 bits per heavy atom. The van der Waals surface area contributed by atoms with Crippen LogP contribution in [-0.2, 0) is 0 Å². The Morgan fingerprint density at radius 3 is 2.43 bits per heavy atom. The summed E-state index contributed by atoms with van der Waals surface area (Å²) in [6.45, 7) is 0. The zero-order chi connectivity index (χ0) is 15.6. The smallest absolute Gasteiger partial charge is 0.258 e. The van der Waals surface area contributed by atoms with Crippen LogP contribution >= 0.6 is 34.8 Å². The molecule has 0 aliphatic carbocycles. The van der Waals surface area contributed by atoms with Gasteiger partial charge in [-0.25, -0.2) is 4.98 Å². The number of halogens is 3. The molecule has 0 aliphatic rings. The Kier molecular flexibility index (Phi) is 4.93. The van der Waals surface area contributed by atoms with Crippen molar-refractivity contribution in [3.8, 4) is 0 Å². The fourth-order valence-electron chi connectivity index (χ4n) is 1.73. The lowest BCUT2D eigenvalue weighted by Gasteiger charge is -2.15. The molecule has 2 rings (SSSR count). The normalized spacial score (nSPS) is 10.3. The molecular formula is C14H12Cl3N3O. The van der Waals surface area contributed by atoms with Crippen molar-refractivity contribution in [2.75, 3.05) is 24.3 Å². The summed E-state index contributed by atoms with van der Waals surface area (Å²) in [6, 6.07) is 8.27. The molecule has 21 heavy (non-hydrogen) atoms. The molecule has 1 aromatic heterocycles. The molecule has 0 atom stereocenters. The number of hydrogen-bond donors (Lipinski definition) is 1.